The lowest BCUT2D eigenvalue weighted by molar-refractivity contribution is 0.0293. The van der Waals surface area contributed by atoms with Crippen LogP contribution < -0.4 is 5.32 Å². The Morgan fingerprint density at radius 2 is 2.09 bits per heavy atom. The molecule has 0 spiro atoms. The Labute approximate surface area is 132 Å². The normalized spacial score (nSPS) is 21.8. The minimum absolute atomic E-state index is 0.228. The number of ether oxygens (including phenoxy) is 1. The van der Waals surface area contributed by atoms with Gasteiger partial charge in [-0.3, -0.25) is 0 Å². The standard InChI is InChI=1S/C17H25N3O2/c1-17(2,3)22-16(21)20-9-8-14(11-20)19-15-7-6-13(10-18-15)12-4-5-12/h6-7,10,12,14H,4-5,8-9,11H2,1-3H3,(H,18,19)/t14-/m1/s1. The summed E-state index contributed by atoms with van der Waals surface area (Å²) >= 11 is 0. The van der Waals surface area contributed by atoms with E-state index in [-0.39, 0.29) is 12.1 Å². The van der Waals surface area contributed by atoms with Gasteiger partial charge in [-0.2, -0.15) is 0 Å². The molecule has 1 saturated heterocycles. The van der Waals surface area contributed by atoms with Gasteiger partial charge in [-0.25, -0.2) is 9.78 Å². The molecule has 1 N–H and O–H groups in total. The van der Waals surface area contributed by atoms with Crippen LogP contribution in [0.1, 0.15) is 51.5 Å². The van der Waals surface area contributed by atoms with Gasteiger partial charge in [0.2, 0.25) is 0 Å². The molecule has 1 saturated carbocycles. The number of nitrogens with zero attached hydrogens (tertiary/aromatic N) is 2. The van der Waals surface area contributed by atoms with Crippen molar-refractivity contribution in [2.24, 2.45) is 0 Å². The fourth-order valence-electron chi connectivity index (χ4n) is 2.73. The molecule has 1 aromatic rings. The third-order valence-electron chi connectivity index (χ3n) is 4.03. The van der Waals surface area contributed by atoms with Gasteiger partial charge >= 0.3 is 6.09 Å². The van der Waals surface area contributed by atoms with E-state index in [1.165, 1.54) is 18.4 Å². The van der Waals surface area contributed by atoms with Crippen LogP contribution in [0.4, 0.5) is 10.6 Å². The van der Waals surface area contributed by atoms with E-state index in [4.69, 9.17) is 4.74 Å². The van der Waals surface area contributed by atoms with Crippen LogP contribution in [0.2, 0.25) is 0 Å². The van der Waals surface area contributed by atoms with E-state index in [0.29, 0.717) is 6.54 Å². The minimum atomic E-state index is -0.442. The number of nitrogens with one attached hydrogen (secondary N) is 1. The average molecular weight is 303 g/mol. The number of hydrogen-bond donors (Lipinski definition) is 1. The molecule has 0 aromatic carbocycles. The van der Waals surface area contributed by atoms with Crippen molar-refractivity contribution in [1.29, 1.82) is 0 Å². The monoisotopic (exact) mass is 303 g/mol. The molecule has 1 atom stereocenters. The number of rotatable bonds is 3. The summed E-state index contributed by atoms with van der Waals surface area (Å²) in [6, 6.07) is 4.45. The molecule has 120 valence electrons. The van der Waals surface area contributed by atoms with Gasteiger partial charge in [0.1, 0.15) is 11.4 Å². The highest BCUT2D eigenvalue weighted by atomic mass is 16.6. The molecule has 5 heteroatoms. The van der Waals surface area contributed by atoms with Gasteiger partial charge in [-0.15, -0.1) is 0 Å². The molecular formula is C17H25N3O2. The van der Waals surface area contributed by atoms with E-state index in [1.807, 2.05) is 33.0 Å². The van der Waals surface area contributed by atoms with Gasteiger partial charge in [-0.1, -0.05) is 6.07 Å². The largest absolute Gasteiger partial charge is 0.444 e. The van der Waals surface area contributed by atoms with Crippen molar-refractivity contribution in [3.63, 3.8) is 0 Å². The highest BCUT2D eigenvalue weighted by molar-refractivity contribution is 5.68. The van der Waals surface area contributed by atoms with Crippen molar-refractivity contribution < 1.29 is 9.53 Å². The van der Waals surface area contributed by atoms with E-state index in [0.717, 1.165) is 24.7 Å². The van der Waals surface area contributed by atoms with E-state index in [2.05, 4.69) is 16.4 Å². The van der Waals surface area contributed by atoms with Crippen molar-refractivity contribution in [3.8, 4) is 0 Å². The first-order valence-corrected chi connectivity index (χ1v) is 8.11. The molecule has 1 amide bonds. The molecule has 2 heterocycles. The fourth-order valence-corrected chi connectivity index (χ4v) is 2.73. The van der Waals surface area contributed by atoms with Gasteiger partial charge in [0, 0.05) is 25.3 Å². The summed E-state index contributed by atoms with van der Waals surface area (Å²) in [5.41, 5.74) is 0.898. The van der Waals surface area contributed by atoms with Crippen molar-refractivity contribution in [2.45, 2.75) is 57.6 Å². The molecule has 2 fully saturated rings. The van der Waals surface area contributed by atoms with Crippen LogP contribution in [0.15, 0.2) is 18.3 Å². The number of carbonyl (C=O) groups is 1. The smallest absolute Gasteiger partial charge is 0.410 e. The molecule has 0 unspecified atom stereocenters. The maximum absolute atomic E-state index is 12.0. The summed E-state index contributed by atoms with van der Waals surface area (Å²) in [6.07, 6.45) is 5.25. The third-order valence-corrected chi connectivity index (χ3v) is 4.03. The summed E-state index contributed by atoms with van der Waals surface area (Å²) < 4.78 is 5.41. The predicted octanol–water partition coefficient (Wildman–Crippen LogP) is 3.38. The molecule has 1 aliphatic carbocycles. The van der Waals surface area contributed by atoms with E-state index >= 15 is 0 Å². The molecule has 5 nitrogen and oxygen atoms in total. The Morgan fingerprint density at radius 3 is 2.68 bits per heavy atom. The third kappa shape index (κ3) is 3.90. The Balaban J connectivity index is 1.51. The highest BCUT2D eigenvalue weighted by Gasteiger charge is 2.30. The number of anilines is 1. The average Bonchev–Trinajstić information content (AvgIpc) is 3.17. The topological polar surface area (TPSA) is 54.5 Å². The number of likely N-dealkylation sites (tertiary alicyclic amines) is 1. The van der Waals surface area contributed by atoms with Crippen molar-refractivity contribution in [1.82, 2.24) is 9.88 Å². The van der Waals surface area contributed by atoms with E-state index < -0.39 is 5.60 Å². The number of aromatic nitrogens is 1. The Morgan fingerprint density at radius 1 is 1.32 bits per heavy atom. The second-order valence-electron chi connectivity index (χ2n) is 7.31. The summed E-state index contributed by atoms with van der Waals surface area (Å²) in [5, 5.41) is 3.41. The molecule has 22 heavy (non-hydrogen) atoms. The zero-order chi connectivity index (χ0) is 15.7. The highest BCUT2D eigenvalue weighted by Crippen LogP contribution is 2.39. The predicted molar refractivity (Wildman–Crippen MR) is 86.0 cm³/mol. The first-order chi connectivity index (χ1) is 10.4. The van der Waals surface area contributed by atoms with Gasteiger partial charge in [0.05, 0.1) is 0 Å². The molecule has 1 aliphatic heterocycles. The number of hydrogen-bond acceptors (Lipinski definition) is 4. The molecule has 3 rings (SSSR count). The molecule has 0 radical (unpaired) electrons. The van der Waals surface area contributed by atoms with Crippen LogP contribution in [-0.2, 0) is 4.74 Å². The van der Waals surface area contributed by atoms with Gasteiger partial charge < -0.3 is 15.0 Å². The summed E-state index contributed by atoms with van der Waals surface area (Å²) in [6.45, 7) is 7.07. The van der Waals surface area contributed by atoms with E-state index in [1.54, 1.807) is 4.90 Å². The van der Waals surface area contributed by atoms with Gasteiger partial charge in [0.25, 0.3) is 0 Å². The SMILES string of the molecule is CC(C)(C)OC(=O)N1CC[C@@H](Nc2ccc(C3CC3)cn2)C1. The number of amides is 1. The number of carbonyl (C=O) groups excluding carboxylic acids is 1. The van der Waals surface area contributed by atoms with Crippen molar-refractivity contribution in [3.05, 3.63) is 23.9 Å². The first-order valence-electron chi connectivity index (χ1n) is 8.11. The second kappa shape index (κ2) is 5.78. The quantitative estimate of drug-likeness (QED) is 0.930. The Bertz CT molecular complexity index is 532. The zero-order valence-electron chi connectivity index (χ0n) is 13.6. The van der Waals surface area contributed by atoms with E-state index in [9.17, 15) is 4.79 Å². The number of pyridine rings is 1. The minimum Gasteiger partial charge on any atom is -0.444 e. The molecule has 2 aliphatic rings. The zero-order valence-corrected chi connectivity index (χ0v) is 13.6. The van der Waals surface area contributed by atoms with Crippen LogP contribution >= 0.6 is 0 Å². The van der Waals surface area contributed by atoms with Crippen molar-refractivity contribution in [2.75, 3.05) is 18.4 Å². The van der Waals surface area contributed by atoms with Crippen LogP contribution in [0.25, 0.3) is 0 Å². The lowest BCUT2D eigenvalue weighted by Crippen LogP contribution is -2.36. The lowest BCUT2D eigenvalue weighted by Gasteiger charge is -2.24. The maximum Gasteiger partial charge on any atom is 0.410 e. The second-order valence-corrected chi connectivity index (χ2v) is 7.31. The van der Waals surface area contributed by atoms with Crippen LogP contribution in [0.3, 0.4) is 0 Å². The molecule has 0 bridgehead atoms. The first kappa shape index (κ1) is 15.1. The Hall–Kier alpha value is -1.78. The summed E-state index contributed by atoms with van der Waals surface area (Å²) in [4.78, 5) is 18.3. The maximum atomic E-state index is 12.0. The van der Waals surface area contributed by atoms with Gasteiger partial charge in [0.15, 0.2) is 0 Å². The summed E-state index contributed by atoms with van der Waals surface area (Å²) in [7, 11) is 0. The van der Waals surface area contributed by atoms with Crippen LogP contribution in [0.5, 0.6) is 0 Å². The summed E-state index contributed by atoms with van der Waals surface area (Å²) in [5.74, 6) is 1.62. The fraction of sp³-hybridized carbons (Fsp3) is 0.647. The van der Waals surface area contributed by atoms with Crippen molar-refractivity contribution >= 4 is 11.9 Å². The lowest BCUT2D eigenvalue weighted by atomic mass is 10.2. The van der Waals surface area contributed by atoms with Crippen LogP contribution in [0, 0.1) is 0 Å². The van der Waals surface area contributed by atoms with Crippen LogP contribution in [-0.4, -0.2) is 40.7 Å². The van der Waals surface area contributed by atoms with Gasteiger partial charge in [-0.05, 0) is 57.6 Å². The molecule has 1 aromatic heterocycles. The molecular weight excluding hydrogens is 278 g/mol. The Kier molecular flexibility index (Phi) is 3.98.